The SMILES string of the molecule is COCc1ccc(CNC(=O)C2CC(C)(O)C2)cc1F. The lowest BCUT2D eigenvalue weighted by Gasteiger charge is -2.39. The van der Waals surface area contributed by atoms with Crippen LogP contribution < -0.4 is 5.32 Å². The zero-order chi connectivity index (χ0) is 14.8. The fourth-order valence-corrected chi connectivity index (χ4v) is 2.49. The van der Waals surface area contributed by atoms with Gasteiger partial charge in [0.15, 0.2) is 0 Å². The van der Waals surface area contributed by atoms with Crippen LogP contribution in [-0.2, 0) is 22.7 Å². The summed E-state index contributed by atoms with van der Waals surface area (Å²) in [6.45, 7) is 2.25. The highest BCUT2D eigenvalue weighted by atomic mass is 19.1. The van der Waals surface area contributed by atoms with Crippen LogP contribution in [0.25, 0.3) is 0 Å². The van der Waals surface area contributed by atoms with Crippen molar-refractivity contribution in [3.05, 3.63) is 35.1 Å². The van der Waals surface area contributed by atoms with E-state index in [1.165, 1.54) is 13.2 Å². The summed E-state index contributed by atoms with van der Waals surface area (Å²) < 4.78 is 18.6. The van der Waals surface area contributed by atoms with Crippen LogP contribution in [0, 0.1) is 11.7 Å². The largest absolute Gasteiger partial charge is 0.390 e. The summed E-state index contributed by atoms with van der Waals surface area (Å²) in [6, 6.07) is 4.84. The van der Waals surface area contributed by atoms with Gasteiger partial charge in [0.2, 0.25) is 5.91 Å². The Kier molecular flexibility index (Phi) is 4.40. The highest BCUT2D eigenvalue weighted by Gasteiger charge is 2.42. The molecule has 0 bridgehead atoms. The van der Waals surface area contributed by atoms with Crippen LogP contribution in [0.5, 0.6) is 0 Å². The smallest absolute Gasteiger partial charge is 0.223 e. The molecule has 1 aromatic carbocycles. The molecule has 1 amide bonds. The Morgan fingerprint density at radius 3 is 2.80 bits per heavy atom. The number of benzene rings is 1. The number of hydrogen-bond acceptors (Lipinski definition) is 3. The van der Waals surface area contributed by atoms with Crippen molar-refractivity contribution in [2.24, 2.45) is 5.92 Å². The Morgan fingerprint density at radius 2 is 2.25 bits per heavy atom. The maximum absolute atomic E-state index is 13.7. The van der Waals surface area contributed by atoms with E-state index in [0.29, 0.717) is 30.5 Å². The first-order valence-corrected chi connectivity index (χ1v) is 6.67. The van der Waals surface area contributed by atoms with Crippen LogP contribution in [0.4, 0.5) is 4.39 Å². The zero-order valence-corrected chi connectivity index (χ0v) is 11.8. The van der Waals surface area contributed by atoms with Gasteiger partial charge in [0.25, 0.3) is 0 Å². The van der Waals surface area contributed by atoms with E-state index in [9.17, 15) is 14.3 Å². The van der Waals surface area contributed by atoms with Gasteiger partial charge in [-0.1, -0.05) is 12.1 Å². The van der Waals surface area contributed by atoms with Gasteiger partial charge >= 0.3 is 0 Å². The molecule has 0 heterocycles. The number of carbonyl (C=O) groups is 1. The minimum absolute atomic E-state index is 0.0853. The normalized spacial score (nSPS) is 25.1. The molecule has 0 saturated heterocycles. The summed E-state index contributed by atoms with van der Waals surface area (Å²) in [7, 11) is 1.51. The first-order valence-electron chi connectivity index (χ1n) is 6.67. The van der Waals surface area contributed by atoms with E-state index in [1.807, 2.05) is 0 Å². The number of amides is 1. The average Bonchev–Trinajstić information content (AvgIpc) is 2.36. The molecular weight excluding hydrogens is 261 g/mol. The lowest BCUT2D eigenvalue weighted by Crippen LogP contribution is -2.48. The van der Waals surface area contributed by atoms with Gasteiger partial charge in [-0.3, -0.25) is 4.79 Å². The van der Waals surface area contributed by atoms with Crippen molar-refractivity contribution in [3.8, 4) is 0 Å². The minimum Gasteiger partial charge on any atom is -0.390 e. The summed E-state index contributed by atoms with van der Waals surface area (Å²) in [5.41, 5.74) is 0.495. The Labute approximate surface area is 117 Å². The highest BCUT2D eigenvalue weighted by molar-refractivity contribution is 5.79. The fourth-order valence-electron chi connectivity index (χ4n) is 2.49. The van der Waals surface area contributed by atoms with Gasteiger partial charge in [-0.25, -0.2) is 4.39 Å². The second-order valence-electron chi connectivity index (χ2n) is 5.68. The second kappa shape index (κ2) is 5.89. The van der Waals surface area contributed by atoms with Crippen LogP contribution in [0.1, 0.15) is 30.9 Å². The van der Waals surface area contributed by atoms with Gasteiger partial charge in [0, 0.05) is 25.1 Å². The number of carbonyl (C=O) groups excluding carboxylic acids is 1. The third-order valence-corrected chi connectivity index (χ3v) is 3.63. The van der Waals surface area contributed by atoms with E-state index in [2.05, 4.69) is 5.32 Å². The summed E-state index contributed by atoms with van der Waals surface area (Å²) in [5.74, 6) is -0.550. The molecule has 0 atom stereocenters. The molecule has 20 heavy (non-hydrogen) atoms. The molecule has 1 aliphatic rings. The molecule has 1 aliphatic carbocycles. The van der Waals surface area contributed by atoms with E-state index in [4.69, 9.17) is 4.74 Å². The van der Waals surface area contributed by atoms with Crippen LogP contribution in [0.2, 0.25) is 0 Å². The molecule has 5 heteroatoms. The molecule has 0 radical (unpaired) electrons. The maximum atomic E-state index is 13.7. The highest BCUT2D eigenvalue weighted by Crippen LogP contribution is 2.37. The molecule has 0 unspecified atom stereocenters. The van der Waals surface area contributed by atoms with Gasteiger partial charge in [-0.15, -0.1) is 0 Å². The Morgan fingerprint density at radius 1 is 1.55 bits per heavy atom. The Hall–Kier alpha value is -1.46. The molecular formula is C15H20FNO3. The standard InChI is InChI=1S/C15H20FNO3/c1-15(19)6-12(7-15)14(18)17-8-10-3-4-11(9-20-2)13(16)5-10/h3-5,12,19H,6-9H2,1-2H3,(H,17,18). The molecule has 110 valence electrons. The summed E-state index contributed by atoms with van der Waals surface area (Å²) in [6.07, 6.45) is 0.972. The molecule has 0 spiro atoms. The molecule has 1 saturated carbocycles. The summed E-state index contributed by atoms with van der Waals surface area (Å²) in [4.78, 5) is 11.8. The fraction of sp³-hybridized carbons (Fsp3) is 0.533. The van der Waals surface area contributed by atoms with Crippen molar-refractivity contribution in [3.63, 3.8) is 0 Å². The van der Waals surface area contributed by atoms with Crippen LogP contribution >= 0.6 is 0 Å². The van der Waals surface area contributed by atoms with Crippen molar-refractivity contribution < 1.29 is 19.0 Å². The van der Waals surface area contributed by atoms with E-state index in [1.54, 1.807) is 19.1 Å². The zero-order valence-electron chi connectivity index (χ0n) is 11.8. The van der Waals surface area contributed by atoms with Gasteiger partial charge in [-0.2, -0.15) is 0 Å². The number of halogens is 1. The maximum Gasteiger partial charge on any atom is 0.223 e. The topological polar surface area (TPSA) is 58.6 Å². The molecule has 2 rings (SSSR count). The van der Waals surface area contributed by atoms with E-state index >= 15 is 0 Å². The molecule has 0 aromatic heterocycles. The van der Waals surface area contributed by atoms with Crippen molar-refractivity contribution in [1.82, 2.24) is 5.32 Å². The van der Waals surface area contributed by atoms with E-state index < -0.39 is 5.60 Å². The predicted molar refractivity (Wildman–Crippen MR) is 72.3 cm³/mol. The van der Waals surface area contributed by atoms with E-state index in [-0.39, 0.29) is 24.2 Å². The molecule has 4 nitrogen and oxygen atoms in total. The van der Waals surface area contributed by atoms with Crippen LogP contribution in [-0.4, -0.2) is 23.7 Å². The van der Waals surface area contributed by atoms with Crippen molar-refractivity contribution >= 4 is 5.91 Å². The number of hydrogen-bond donors (Lipinski definition) is 2. The first-order chi connectivity index (χ1) is 9.41. The van der Waals surface area contributed by atoms with Crippen LogP contribution in [0.3, 0.4) is 0 Å². The monoisotopic (exact) mass is 281 g/mol. The third-order valence-electron chi connectivity index (χ3n) is 3.63. The van der Waals surface area contributed by atoms with Gasteiger partial charge < -0.3 is 15.2 Å². The predicted octanol–water partition coefficient (Wildman–Crippen LogP) is 1.75. The summed E-state index contributed by atoms with van der Waals surface area (Å²) in [5, 5.41) is 12.4. The quantitative estimate of drug-likeness (QED) is 0.864. The Balaban J connectivity index is 1.85. The molecule has 1 aromatic rings. The molecule has 1 fully saturated rings. The lowest BCUT2D eigenvalue weighted by atomic mass is 9.72. The number of methoxy groups -OCH3 is 1. The average molecular weight is 281 g/mol. The third kappa shape index (κ3) is 3.55. The minimum atomic E-state index is -0.712. The number of ether oxygens (including phenoxy) is 1. The number of aliphatic hydroxyl groups is 1. The Bertz CT molecular complexity index is 494. The van der Waals surface area contributed by atoms with Crippen molar-refractivity contribution in [2.75, 3.05) is 7.11 Å². The number of nitrogens with one attached hydrogen (secondary N) is 1. The summed E-state index contributed by atoms with van der Waals surface area (Å²) >= 11 is 0. The van der Waals surface area contributed by atoms with Gasteiger partial charge in [0.1, 0.15) is 5.82 Å². The van der Waals surface area contributed by atoms with Crippen molar-refractivity contribution in [2.45, 2.75) is 38.5 Å². The molecule has 2 N–H and O–H groups in total. The second-order valence-corrected chi connectivity index (χ2v) is 5.68. The van der Waals surface area contributed by atoms with Gasteiger partial charge in [-0.05, 0) is 31.4 Å². The number of rotatable bonds is 5. The van der Waals surface area contributed by atoms with Crippen LogP contribution in [0.15, 0.2) is 18.2 Å². The van der Waals surface area contributed by atoms with Gasteiger partial charge in [0.05, 0.1) is 12.2 Å². The van der Waals surface area contributed by atoms with E-state index in [0.717, 1.165) is 0 Å². The van der Waals surface area contributed by atoms with Crippen molar-refractivity contribution in [1.29, 1.82) is 0 Å². The lowest BCUT2D eigenvalue weighted by molar-refractivity contribution is -0.139. The first kappa shape index (κ1) is 14.9. The molecule has 0 aliphatic heterocycles.